The van der Waals surface area contributed by atoms with Crippen molar-refractivity contribution in [3.8, 4) is 11.8 Å². The zero-order valence-corrected chi connectivity index (χ0v) is 34.1. The number of amides is 1. The molecular weight excluding hydrogens is 675 g/mol. The van der Waals surface area contributed by atoms with Crippen molar-refractivity contribution in [1.82, 2.24) is 5.32 Å². The maximum Gasteiger partial charge on any atom is 0.333 e. The lowest BCUT2D eigenvalue weighted by Gasteiger charge is -2.45. The Kier molecular flexibility index (Phi) is 16.3. The molecule has 0 radical (unpaired) electrons. The number of ketones is 1. The van der Waals surface area contributed by atoms with E-state index in [1.165, 1.54) is 22.5 Å². The van der Waals surface area contributed by atoms with Gasteiger partial charge >= 0.3 is 5.97 Å². The van der Waals surface area contributed by atoms with Crippen molar-refractivity contribution < 1.29 is 23.5 Å². The Morgan fingerprint density at radius 1 is 0.925 bits per heavy atom. The number of esters is 1. The summed E-state index contributed by atoms with van der Waals surface area (Å²) in [5.74, 6) is 5.01. The fourth-order valence-electron chi connectivity index (χ4n) is 6.47. The van der Waals surface area contributed by atoms with Gasteiger partial charge in [0.25, 0.3) is 8.32 Å². The third-order valence-corrected chi connectivity index (χ3v) is 14.6. The van der Waals surface area contributed by atoms with Gasteiger partial charge in [0, 0.05) is 30.4 Å². The van der Waals surface area contributed by atoms with Gasteiger partial charge in [-0.2, -0.15) is 0 Å². The van der Waals surface area contributed by atoms with E-state index in [1.54, 1.807) is 13.0 Å². The van der Waals surface area contributed by atoms with E-state index < -0.39 is 19.8 Å². The molecule has 282 valence electrons. The smallest absolute Gasteiger partial charge is 0.333 e. The average molecular weight is 734 g/mol. The molecular formula is C46H59NO5Si. The molecule has 7 heteroatoms. The Bertz CT molecular complexity index is 1690. The second kappa shape index (κ2) is 20.1. The summed E-state index contributed by atoms with van der Waals surface area (Å²) in [4.78, 5) is 38.2. The van der Waals surface area contributed by atoms with Crippen LogP contribution in [0.25, 0.3) is 0 Å². The van der Waals surface area contributed by atoms with Crippen LogP contribution < -0.4 is 15.7 Å². The van der Waals surface area contributed by atoms with Gasteiger partial charge in [-0.05, 0) is 59.7 Å². The molecule has 0 unspecified atom stereocenters. The van der Waals surface area contributed by atoms with Crippen molar-refractivity contribution in [3.63, 3.8) is 0 Å². The monoisotopic (exact) mass is 733 g/mol. The van der Waals surface area contributed by atoms with Crippen molar-refractivity contribution in [3.05, 3.63) is 121 Å². The summed E-state index contributed by atoms with van der Waals surface area (Å²) >= 11 is 0. The highest BCUT2D eigenvalue weighted by atomic mass is 28.4. The molecule has 1 N–H and O–H groups in total. The molecule has 0 aliphatic carbocycles. The van der Waals surface area contributed by atoms with E-state index in [-0.39, 0.29) is 47.2 Å². The predicted molar refractivity (Wildman–Crippen MR) is 220 cm³/mol. The van der Waals surface area contributed by atoms with E-state index in [9.17, 15) is 14.4 Å². The first-order valence-corrected chi connectivity index (χ1v) is 20.6. The van der Waals surface area contributed by atoms with Gasteiger partial charge in [-0.25, -0.2) is 4.79 Å². The van der Waals surface area contributed by atoms with Gasteiger partial charge in [-0.1, -0.05) is 157 Å². The molecule has 53 heavy (non-hydrogen) atoms. The Morgan fingerprint density at radius 2 is 1.51 bits per heavy atom. The van der Waals surface area contributed by atoms with Gasteiger partial charge in [-0.15, -0.1) is 0 Å². The zero-order chi connectivity index (χ0) is 39.1. The molecule has 0 saturated heterocycles. The van der Waals surface area contributed by atoms with Gasteiger partial charge < -0.3 is 14.5 Å². The Balaban J connectivity index is 1.67. The van der Waals surface area contributed by atoms with Gasteiger partial charge in [0.15, 0.2) is 5.78 Å². The van der Waals surface area contributed by atoms with Crippen molar-refractivity contribution >= 4 is 36.4 Å². The molecule has 2 aromatic rings. The predicted octanol–water partition coefficient (Wildman–Crippen LogP) is 8.35. The summed E-state index contributed by atoms with van der Waals surface area (Å²) in [6, 6.07) is 20.6. The molecule has 0 bridgehead atoms. The number of hydrogen-bond donors (Lipinski definition) is 1. The topological polar surface area (TPSA) is 81.7 Å². The summed E-state index contributed by atoms with van der Waals surface area (Å²) < 4.78 is 12.9. The summed E-state index contributed by atoms with van der Waals surface area (Å²) in [5, 5.41) is 5.21. The van der Waals surface area contributed by atoms with Crippen molar-refractivity contribution in [1.29, 1.82) is 0 Å². The molecule has 1 amide bonds. The molecule has 1 aliphatic rings. The molecule has 0 spiro atoms. The Hall–Kier alpha value is -4.51. The minimum absolute atomic E-state index is 0.00606. The number of nitrogens with one attached hydrogen (secondary N) is 1. The van der Waals surface area contributed by atoms with Crippen LogP contribution in [0.15, 0.2) is 121 Å². The molecule has 3 rings (SSSR count). The van der Waals surface area contributed by atoms with Gasteiger partial charge in [0.1, 0.15) is 6.10 Å². The summed E-state index contributed by atoms with van der Waals surface area (Å²) in [7, 11) is -2.76. The first kappa shape index (κ1) is 42.9. The maximum atomic E-state index is 13.5. The SMILES string of the molecule is C/C=C\C[C@@H](C/C=C\CC(=O)[C@@H](NC(=O)/C=C/C#C/C=C\[C@H](C)[C@@H]1CC=C(C)C(=O)O1)C(C)(C)C)O[Si](c1ccccc1)(c1ccccc1)C(C)(C)C. The zero-order valence-electron chi connectivity index (χ0n) is 33.1. The summed E-state index contributed by atoms with van der Waals surface area (Å²) in [5.41, 5.74) is 0.144. The van der Waals surface area contributed by atoms with Crippen LogP contribution in [0.1, 0.15) is 88.0 Å². The second-order valence-electron chi connectivity index (χ2n) is 15.8. The fraction of sp³-hybridized carbons (Fsp3) is 0.413. The van der Waals surface area contributed by atoms with E-state index in [0.29, 0.717) is 18.4 Å². The summed E-state index contributed by atoms with van der Waals surface area (Å²) in [6.45, 7) is 18.4. The molecule has 1 heterocycles. The number of carbonyl (C=O) groups is 3. The van der Waals surface area contributed by atoms with Gasteiger partial charge in [0.2, 0.25) is 5.91 Å². The highest BCUT2D eigenvalue weighted by Crippen LogP contribution is 2.38. The van der Waals surface area contributed by atoms with Crippen LogP contribution in [-0.4, -0.2) is 44.2 Å². The molecule has 6 nitrogen and oxygen atoms in total. The quantitative estimate of drug-likeness (QED) is 0.0655. The lowest BCUT2D eigenvalue weighted by atomic mass is 9.83. The normalized spacial score (nSPS) is 17.3. The number of ether oxygens (including phenoxy) is 1. The Morgan fingerprint density at radius 3 is 2.06 bits per heavy atom. The molecule has 0 aromatic heterocycles. The van der Waals surface area contributed by atoms with Crippen LogP contribution >= 0.6 is 0 Å². The Labute approximate surface area is 319 Å². The van der Waals surface area contributed by atoms with E-state index in [2.05, 4.69) is 98.6 Å². The maximum absolute atomic E-state index is 13.5. The molecule has 2 aromatic carbocycles. The highest BCUT2D eigenvalue weighted by molar-refractivity contribution is 6.99. The van der Waals surface area contributed by atoms with E-state index in [0.717, 1.165) is 6.42 Å². The lowest BCUT2D eigenvalue weighted by Crippen LogP contribution is -2.67. The number of Topliss-reactive ketones (excluding diaryl/α,β-unsaturated/α-hetero) is 1. The number of rotatable bonds is 15. The van der Waals surface area contributed by atoms with Crippen molar-refractivity contribution in [2.45, 2.75) is 111 Å². The van der Waals surface area contributed by atoms with Gasteiger partial charge in [0.05, 0.1) is 12.1 Å². The van der Waals surface area contributed by atoms with E-state index in [1.807, 2.05) is 71.1 Å². The van der Waals surface area contributed by atoms with Crippen LogP contribution in [0, 0.1) is 23.2 Å². The standard InChI is InChI=1S/C46H59NO5Si/c1-10-11-25-37(52-53(46(7,8)9,38-27-17-14-18-28-38)39-29-19-15-20-30-39)26-22-23-31-40(48)43(45(4,5)6)47-42(49)32-21-13-12-16-24-35(2)41-34-33-36(3)44(50)51-41/h10-11,14-24,27-30,32-33,35,37,41,43H,25-26,31,34H2,1-9H3,(H,47,49)/b11-10-,23-22-,24-16-,32-21+/t35-,37-,41-,43+/m0/s1. The highest BCUT2D eigenvalue weighted by Gasteiger charge is 2.51. The number of hydrogen-bond acceptors (Lipinski definition) is 5. The molecule has 0 saturated carbocycles. The summed E-state index contributed by atoms with van der Waals surface area (Å²) in [6.07, 6.45) is 18.4. The molecule has 0 fully saturated rings. The number of cyclic esters (lactones) is 1. The van der Waals surface area contributed by atoms with E-state index in [4.69, 9.17) is 9.16 Å². The molecule has 4 atom stereocenters. The minimum atomic E-state index is -2.76. The average Bonchev–Trinajstić information content (AvgIpc) is 3.12. The van der Waals surface area contributed by atoms with Crippen LogP contribution in [0.3, 0.4) is 0 Å². The lowest BCUT2D eigenvalue weighted by molar-refractivity contribution is -0.147. The van der Waals surface area contributed by atoms with Crippen LogP contribution in [0.2, 0.25) is 5.04 Å². The minimum Gasteiger partial charge on any atom is -0.458 e. The fourth-order valence-corrected chi connectivity index (χ4v) is 11.2. The third-order valence-electron chi connectivity index (χ3n) is 9.46. The number of carbonyl (C=O) groups excluding carboxylic acids is 3. The van der Waals surface area contributed by atoms with Crippen LogP contribution in [0.4, 0.5) is 0 Å². The van der Waals surface area contributed by atoms with Crippen LogP contribution in [0.5, 0.6) is 0 Å². The van der Waals surface area contributed by atoms with Gasteiger partial charge in [-0.3, -0.25) is 9.59 Å². The second-order valence-corrected chi connectivity index (χ2v) is 20.1. The van der Waals surface area contributed by atoms with Crippen LogP contribution in [-0.2, 0) is 23.5 Å². The third kappa shape index (κ3) is 12.5. The number of benzene rings is 2. The number of allylic oxidation sites excluding steroid dienone is 4. The van der Waals surface area contributed by atoms with E-state index >= 15 is 0 Å². The first-order chi connectivity index (χ1) is 25.1. The first-order valence-electron chi connectivity index (χ1n) is 18.7. The molecule has 1 aliphatic heterocycles. The largest absolute Gasteiger partial charge is 0.458 e. The van der Waals surface area contributed by atoms with Crippen molar-refractivity contribution in [2.75, 3.05) is 0 Å². The van der Waals surface area contributed by atoms with Crippen molar-refractivity contribution in [2.24, 2.45) is 11.3 Å².